The standard InChI is InChI=1S/C11H17NO2S/c1-11(2,3)8-14-10(13)12(4)9-5-6-15-7-9/h5-7H,8H2,1-4H3. The van der Waals surface area contributed by atoms with Crippen LogP contribution in [-0.2, 0) is 4.74 Å². The quantitative estimate of drug-likeness (QED) is 0.775. The van der Waals surface area contributed by atoms with Crippen LogP contribution in [0.1, 0.15) is 20.8 Å². The number of thiophene rings is 1. The van der Waals surface area contributed by atoms with E-state index in [-0.39, 0.29) is 11.5 Å². The summed E-state index contributed by atoms with van der Waals surface area (Å²) in [6.45, 7) is 6.53. The molecule has 1 rings (SSSR count). The van der Waals surface area contributed by atoms with Gasteiger partial charge in [-0.05, 0) is 16.9 Å². The van der Waals surface area contributed by atoms with Crippen molar-refractivity contribution in [3.8, 4) is 0 Å². The third-order valence-electron chi connectivity index (χ3n) is 1.80. The van der Waals surface area contributed by atoms with E-state index in [1.165, 1.54) is 4.90 Å². The Morgan fingerprint density at radius 1 is 1.53 bits per heavy atom. The Morgan fingerprint density at radius 3 is 2.67 bits per heavy atom. The van der Waals surface area contributed by atoms with Crippen molar-refractivity contribution in [2.24, 2.45) is 5.41 Å². The number of hydrogen-bond donors (Lipinski definition) is 0. The average Bonchev–Trinajstić information content (AvgIpc) is 2.64. The topological polar surface area (TPSA) is 29.5 Å². The van der Waals surface area contributed by atoms with Gasteiger partial charge in [0, 0.05) is 12.4 Å². The summed E-state index contributed by atoms with van der Waals surface area (Å²) in [4.78, 5) is 13.1. The highest BCUT2D eigenvalue weighted by Gasteiger charge is 2.17. The lowest BCUT2D eigenvalue weighted by molar-refractivity contribution is 0.113. The molecule has 3 nitrogen and oxygen atoms in total. The zero-order valence-corrected chi connectivity index (χ0v) is 10.4. The second-order valence-electron chi connectivity index (χ2n) is 4.66. The van der Waals surface area contributed by atoms with Gasteiger partial charge in [-0.15, -0.1) is 0 Å². The minimum absolute atomic E-state index is 0.00511. The number of nitrogens with zero attached hydrogens (tertiary/aromatic N) is 1. The molecule has 0 radical (unpaired) electrons. The third-order valence-corrected chi connectivity index (χ3v) is 2.47. The van der Waals surface area contributed by atoms with Gasteiger partial charge >= 0.3 is 6.09 Å². The summed E-state index contributed by atoms with van der Waals surface area (Å²) in [7, 11) is 1.72. The first kappa shape index (κ1) is 12.0. The van der Waals surface area contributed by atoms with Crippen molar-refractivity contribution in [2.45, 2.75) is 20.8 Å². The van der Waals surface area contributed by atoms with Gasteiger partial charge in [0.2, 0.25) is 0 Å². The molecule has 1 heterocycles. The molecule has 15 heavy (non-hydrogen) atoms. The number of anilines is 1. The molecule has 0 saturated heterocycles. The Kier molecular flexibility index (Phi) is 3.74. The Bertz CT molecular complexity index is 314. The molecule has 0 aliphatic carbocycles. The molecule has 0 aromatic carbocycles. The van der Waals surface area contributed by atoms with Gasteiger partial charge in [0.1, 0.15) is 0 Å². The first-order valence-electron chi connectivity index (χ1n) is 4.83. The highest BCUT2D eigenvalue weighted by atomic mass is 32.1. The summed E-state index contributed by atoms with van der Waals surface area (Å²) >= 11 is 1.56. The summed E-state index contributed by atoms with van der Waals surface area (Å²) in [5.74, 6) is 0. The van der Waals surface area contributed by atoms with Crippen molar-refractivity contribution in [1.29, 1.82) is 0 Å². The fourth-order valence-corrected chi connectivity index (χ4v) is 1.60. The maximum Gasteiger partial charge on any atom is 0.414 e. The number of carbonyl (C=O) groups is 1. The number of ether oxygens (including phenoxy) is 1. The Labute approximate surface area is 94.7 Å². The van der Waals surface area contributed by atoms with Crippen LogP contribution in [0.2, 0.25) is 0 Å². The average molecular weight is 227 g/mol. The normalized spacial score (nSPS) is 11.2. The van der Waals surface area contributed by atoms with Crippen LogP contribution in [0.4, 0.5) is 10.5 Å². The van der Waals surface area contributed by atoms with Crippen molar-refractivity contribution in [1.82, 2.24) is 0 Å². The van der Waals surface area contributed by atoms with Gasteiger partial charge in [-0.1, -0.05) is 20.8 Å². The summed E-state index contributed by atoms with van der Waals surface area (Å²) in [6, 6.07) is 1.89. The summed E-state index contributed by atoms with van der Waals surface area (Å²) in [5.41, 5.74) is 0.879. The van der Waals surface area contributed by atoms with Gasteiger partial charge < -0.3 is 4.74 Å². The molecule has 1 aromatic heterocycles. The number of hydrogen-bond acceptors (Lipinski definition) is 3. The van der Waals surface area contributed by atoms with Crippen LogP contribution in [0, 0.1) is 5.41 Å². The Morgan fingerprint density at radius 2 is 2.20 bits per heavy atom. The molecule has 0 bridgehead atoms. The van der Waals surface area contributed by atoms with Gasteiger partial charge in [0.25, 0.3) is 0 Å². The SMILES string of the molecule is CN(C(=O)OCC(C)(C)C)c1ccsc1. The lowest BCUT2D eigenvalue weighted by Crippen LogP contribution is -2.29. The minimum Gasteiger partial charge on any atom is -0.449 e. The highest BCUT2D eigenvalue weighted by molar-refractivity contribution is 7.08. The Balaban J connectivity index is 2.48. The Hall–Kier alpha value is -1.03. The van der Waals surface area contributed by atoms with Crippen molar-refractivity contribution >= 4 is 23.1 Å². The molecule has 0 N–H and O–H groups in total. The first-order valence-corrected chi connectivity index (χ1v) is 5.77. The van der Waals surface area contributed by atoms with Gasteiger partial charge in [-0.3, -0.25) is 4.90 Å². The van der Waals surface area contributed by atoms with E-state index in [4.69, 9.17) is 4.74 Å². The predicted molar refractivity (Wildman–Crippen MR) is 63.5 cm³/mol. The zero-order valence-electron chi connectivity index (χ0n) is 9.61. The number of amides is 1. The van der Waals surface area contributed by atoms with E-state index >= 15 is 0 Å². The summed E-state index contributed by atoms with van der Waals surface area (Å²) in [5, 5.41) is 3.85. The molecule has 0 atom stereocenters. The third kappa shape index (κ3) is 3.91. The molecule has 0 saturated carbocycles. The predicted octanol–water partition coefficient (Wildman–Crippen LogP) is 3.37. The van der Waals surface area contributed by atoms with E-state index in [2.05, 4.69) is 0 Å². The second-order valence-corrected chi connectivity index (χ2v) is 5.44. The monoisotopic (exact) mass is 227 g/mol. The van der Waals surface area contributed by atoms with Gasteiger partial charge in [-0.2, -0.15) is 11.3 Å². The fraction of sp³-hybridized carbons (Fsp3) is 0.545. The maximum absolute atomic E-state index is 11.6. The second kappa shape index (κ2) is 4.66. The van der Waals surface area contributed by atoms with Crippen LogP contribution in [-0.4, -0.2) is 19.7 Å². The zero-order chi connectivity index (χ0) is 11.5. The van der Waals surface area contributed by atoms with E-state index in [0.717, 1.165) is 5.69 Å². The molecule has 4 heteroatoms. The molecule has 1 amide bonds. The molecular formula is C11H17NO2S. The van der Waals surface area contributed by atoms with Crippen LogP contribution < -0.4 is 4.90 Å². The van der Waals surface area contributed by atoms with E-state index in [9.17, 15) is 4.79 Å². The summed E-state index contributed by atoms with van der Waals surface area (Å²) < 4.78 is 5.18. The van der Waals surface area contributed by atoms with Crippen molar-refractivity contribution in [3.05, 3.63) is 16.8 Å². The molecule has 0 spiro atoms. The molecule has 0 fully saturated rings. The van der Waals surface area contributed by atoms with Gasteiger partial charge in [-0.25, -0.2) is 4.79 Å². The lowest BCUT2D eigenvalue weighted by Gasteiger charge is -2.21. The molecular weight excluding hydrogens is 210 g/mol. The van der Waals surface area contributed by atoms with Crippen molar-refractivity contribution in [3.63, 3.8) is 0 Å². The minimum atomic E-state index is -0.302. The van der Waals surface area contributed by atoms with Crippen molar-refractivity contribution in [2.75, 3.05) is 18.6 Å². The largest absolute Gasteiger partial charge is 0.449 e. The van der Waals surface area contributed by atoms with Crippen LogP contribution in [0.3, 0.4) is 0 Å². The van der Waals surface area contributed by atoms with E-state index < -0.39 is 0 Å². The molecule has 84 valence electrons. The molecule has 0 aliphatic rings. The lowest BCUT2D eigenvalue weighted by atomic mass is 9.99. The molecule has 1 aromatic rings. The van der Waals surface area contributed by atoms with E-state index in [1.54, 1.807) is 18.4 Å². The fourth-order valence-electron chi connectivity index (χ4n) is 0.929. The van der Waals surface area contributed by atoms with Crippen LogP contribution in [0.5, 0.6) is 0 Å². The first-order chi connectivity index (χ1) is 6.90. The van der Waals surface area contributed by atoms with Crippen LogP contribution in [0.15, 0.2) is 16.8 Å². The van der Waals surface area contributed by atoms with Crippen LogP contribution >= 0.6 is 11.3 Å². The van der Waals surface area contributed by atoms with Crippen molar-refractivity contribution < 1.29 is 9.53 Å². The molecule has 0 unspecified atom stereocenters. The highest BCUT2D eigenvalue weighted by Crippen LogP contribution is 2.18. The maximum atomic E-state index is 11.6. The van der Waals surface area contributed by atoms with E-state index in [0.29, 0.717) is 6.61 Å². The van der Waals surface area contributed by atoms with E-state index in [1.807, 2.05) is 37.6 Å². The molecule has 0 aliphatic heterocycles. The number of rotatable bonds is 2. The van der Waals surface area contributed by atoms with Gasteiger partial charge in [0.05, 0.1) is 12.3 Å². The summed E-state index contributed by atoms with van der Waals surface area (Å²) in [6.07, 6.45) is -0.302. The number of carbonyl (C=O) groups excluding carboxylic acids is 1. The smallest absolute Gasteiger partial charge is 0.414 e. The van der Waals surface area contributed by atoms with Gasteiger partial charge in [0.15, 0.2) is 0 Å². The van der Waals surface area contributed by atoms with Crippen LogP contribution in [0.25, 0.3) is 0 Å².